The maximum Gasteiger partial charge on any atom is 0.311 e. The molecule has 0 spiro atoms. The Morgan fingerprint density at radius 2 is 1.91 bits per heavy atom. The van der Waals surface area contributed by atoms with E-state index < -0.39 is 12.1 Å². The summed E-state index contributed by atoms with van der Waals surface area (Å²) in [6.45, 7) is 3.65. The molecule has 9 nitrogen and oxygen atoms in total. The van der Waals surface area contributed by atoms with Crippen LogP contribution in [0.5, 0.6) is 0 Å². The van der Waals surface area contributed by atoms with E-state index in [0.29, 0.717) is 18.9 Å². The SMILES string of the molecule is CCOC(=O)C1CC2C(=O)N3CCCCC3NC2N(CCC2CCC(OC)C(OC)C2)C1N. The van der Waals surface area contributed by atoms with Crippen LogP contribution in [0.1, 0.15) is 58.3 Å². The molecule has 3 N–H and O–H groups in total. The van der Waals surface area contributed by atoms with E-state index in [1.165, 1.54) is 0 Å². The van der Waals surface area contributed by atoms with E-state index in [-0.39, 0.29) is 42.3 Å². The third kappa shape index (κ3) is 5.07. The molecule has 1 aliphatic carbocycles. The first-order chi connectivity index (χ1) is 16.0. The van der Waals surface area contributed by atoms with E-state index >= 15 is 0 Å². The van der Waals surface area contributed by atoms with Gasteiger partial charge in [0.25, 0.3) is 0 Å². The van der Waals surface area contributed by atoms with E-state index in [4.69, 9.17) is 19.9 Å². The van der Waals surface area contributed by atoms with Crippen molar-refractivity contribution in [1.29, 1.82) is 0 Å². The van der Waals surface area contributed by atoms with Gasteiger partial charge >= 0.3 is 5.97 Å². The number of hydrogen-bond donors (Lipinski definition) is 2. The number of methoxy groups -OCH3 is 2. The minimum absolute atomic E-state index is 0.0661. The first kappa shape index (κ1) is 24.9. The zero-order valence-electron chi connectivity index (χ0n) is 20.4. The third-order valence-electron chi connectivity index (χ3n) is 8.34. The number of carbonyl (C=O) groups is 2. The second kappa shape index (κ2) is 11.0. The summed E-state index contributed by atoms with van der Waals surface area (Å²) in [6, 6.07) is 0. The molecule has 0 bridgehead atoms. The van der Waals surface area contributed by atoms with Crippen LogP contribution in [0.15, 0.2) is 0 Å². The molecule has 0 aromatic carbocycles. The van der Waals surface area contributed by atoms with Crippen molar-refractivity contribution in [3.8, 4) is 0 Å². The Balaban J connectivity index is 1.49. The highest BCUT2D eigenvalue weighted by atomic mass is 16.5. The predicted octanol–water partition coefficient (Wildman–Crippen LogP) is 1.26. The van der Waals surface area contributed by atoms with Gasteiger partial charge in [0.05, 0.1) is 49.1 Å². The lowest BCUT2D eigenvalue weighted by atomic mass is 9.79. The Morgan fingerprint density at radius 3 is 2.64 bits per heavy atom. The third-order valence-corrected chi connectivity index (χ3v) is 8.34. The van der Waals surface area contributed by atoms with Crippen molar-refractivity contribution in [2.45, 2.75) is 89.0 Å². The number of hydrogen-bond acceptors (Lipinski definition) is 8. The standard InChI is InChI=1S/C24H42N4O5/c1-4-33-24(30)16-14-17-22(26-20-7-5-6-11-27(20)23(17)29)28(21(16)25)12-10-15-8-9-18(31-2)19(13-15)32-3/h15-22,26H,4-14,25H2,1-3H3. The zero-order valence-corrected chi connectivity index (χ0v) is 20.4. The number of ether oxygens (including phenoxy) is 3. The number of nitrogens with one attached hydrogen (secondary N) is 1. The van der Waals surface area contributed by atoms with Crippen molar-refractivity contribution < 1.29 is 23.8 Å². The van der Waals surface area contributed by atoms with Crippen LogP contribution in [0.2, 0.25) is 0 Å². The van der Waals surface area contributed by atoms with Crippen LogP contribution in [0.25, 0.3) is 0 Å². The molecule has 9 heteroatoms. The Bertz CT molecular complexity index is 694. The number of carbonyl (C=O) groups excluding carboxylic acids is 2. The number of fused-ring (bicyclic) bond motifs is 2. The molecule has 188 valence electrons. The summed E-state index contributed by atoms with van der Waals surface area (Å²) < 4.78 is 16.6. The van der Waals surface area contributed by atoms with Gasteiger partial charge in [-0.25, -0.2) is 0 Å². The molecular weight excluding hydrogens is 424 g/mol. The van der Waals surface area contributed by atoms with Gasteiger partial charge in [-0.15, -0.1) is 0 Å². The van der Waals surface area contributed by atoms with Gasteiger partial charge in [-0.2, -0.15) is 0 Å². The van der Waals surface area contributed by atoms with Gasteiger partial charge in [0.15, 0.2) is 0 Å². The number of nitrogens with two attached hydrogens (primary N) is 1. The second-order valence-electron chi connectivity index (χ2n) is 10.1. The van der Waals surface area contributed by atoms with Gasteiger partial charge < -0.3 is 24.8 Å². The van der Waals surface area contributed by atoms with Crippen molar-refractivity contribution in [1.82, 2.24) is 15.1 Å². The molecule has 0 aromatic heterocycles. The number of rotatable bonds is 7. The van der Waals surface area contributed by atoms with Crippen molar-refractivity contribution in [3.63, 3.8) is 0 Å². The van der Waals surface area contributed by atoms with Crippen LogP contribution in [0.3, 0.4) is 0 Å². The van der Waals surface area contributed by atoms with E-state index in [9.17, 15) is 9.59 Å². The lowest BCUT2D eigenvalue weighted by Gasteiger charge is -2.55. The van der Waals surface area contributed by atoms with E-state index in [2.05, 4.69) is 10.2 Å². The highest BCUT2D eigenvalue weighted by molar-refractivity contribution is 5.82. The Morgan fingerprint density at radius 1 is 1.12 bits per heavy atom. The van der Waals surface area contributed by atoms with Gasteiger partial charge in [-0.05, 0) is 64.2 Å². The van der Waals surface area contributed by atoms with Crippen molar-refractivity contribution >= 4 is 11.9 Å². The molecule has 8 unspecified atom stereocenters. The van der Waals surface area contributed by atoms with Gasteiger partial charge in [-0.3, -0.25) is 19.8 Å². The summed E-state index contributed by atoms with van der Waals surface area (Å²) in [7, 11) is 3.50. The molecule has 4 fully saturated rings. The van der Waals surface area contributed by atoms with Crippen molar-refractivity contribution in [3.05, 3.63) is 0 Å². The predicted molar refractivity (Wildman–Crippen MR) is 123 cm³/mol. The average Bonchev–Trinajstić information content (AvgIpc) is 2.83. The topological polar surface area (TPSA) is 106 Å². The first-order valence-electron chi connectivity index (χ1n) is 12.8. The quantitative estimate of drug-likeness (QED) is 0.540. The maximum atomic E-state index is 13.5. The van der Waals surface area contributed by atoms with Crippen LogP contribution in [0, 0.1) is 17.8 Å². The molecule has 0 aromatic rings. The van der Waals surface area contributed by atoms with Crippen LogP contribution < -0.4 is 11.1 Å². The van der Waals surface area contributed by atoms with Crippen molar-refractivity contribution in [2.24, 2.45) is 23.5 Å². The molecule has 33 heavy (non-hydrogen) atoms. The number of nitrogens with zero attached hydrogens (tertiary/aromatic N) is 2. The fourth-order valence-electron chi connectivity index (χ4n) is 6.48. The molecule has 3 saturated heterocycles. The van der Waals surface area contributed by atoms with E-state index in [1.807, 2.05) is 4.90 Å². The molecule has 4 aliphatic rings. The van der Waals surface area contributed by atoms with Crippen LogP contribution in [0.4, 0.5) is 0 Å². The van der Waals surface area contributed by atoms with Gasteiger partial charge in [-0.1, -0.05) is 0 Å². The maximum absolute atomic E-state index is 13.5. The van der Waals surface area contributed by atoms with E-state index in [1.54, 1.807) is 21.1 Å². The summed E-state index contributed by atoms with van der Waals surface area (Å²) in [5.41, 5.74) is 6.70. The summed E-state index contributed by atoms with van der Waals surface area (Å²) in [6.07, 6.45) is 7.27. The molecule has 1 amide bonds. The molecule has 3 heterocycles. The van der Waals surface area contributed by atoms with Crippen LogP contribution in [-0.2, 0) is 23.8 Å². The Hall–Kier alpha value is -1.26. The average molecular weight is 467 g/mol. The molecule has 3 aliphatic heterocycles. The van der Waals surface area contributed by atoms with Gasteiger partial charge in [0.2, 0.25) is 5.91 Å². The van der Waals surface area contributed by atoms with Gasteiger partial charge in [0.1, 0.15) is 0 Å². The van der Waals surface area contributed by atoms with Crippen LogP contribution >= 0.6 is 0 Å². The number of amides is 1. The molecule has 4 rings (SSSR count). The summed E-state index contributed by atoms with van der Waals surface area (Å²) in [5.74, 6) is -0.393. The van der Waals surface area contributed by atoms with Gasteiger partial charge in [0, 0.05) is 27.3 Å². The minimum Gasteiger partial charge on any atom is -0.466 e. The highest BCUT2D eigenvalue weighted by Crippen LogP contribution is 2.38. The summed E-state index contributed by atoms with van der Waals surface area (Å²) in [4.78, 5) is 30.4. The normalized spacial score (nSPS) is 39.6. The number of esters is 1. The lowest BCUT2D eigenvalue weighted by Crippen LogP contribution is -2.74. The van der Waals surface area contributed by atoms with Crippen molar-refractivity contribution in [2.75, 3.05) is 33.9 Å². The second-order valence-corrected chi connectivity index (χ2v) is 10.1. The Kier molecular flexibility index (Phi) is 8.28. The summed E-state index contributed by atoms with van der Waals surface area (Å²) >= 11 is 0. The largest absolute Gasteiger partial charge is 0.466 e. The molecule has 0 radical (unpaired) electrons. The number of likely N-dealkylation sites (tertiary alicyclic amines) is 1. The zero-order chi connectivity index (χ0) is 23.5. The Labute approximate surface area is 197 Å². The molecule has 1 saturated carbocycles. The minimum atomic E-state index is -0.491. The van der Waals surface area contributed by atoms with E-state index in [0.717, 1.165) is 58.0 Å². The lowest BCUT2D eigenvalue weighted by molar-refractivity contribution is -0.169. The fraction of sp³-hybridized carbons (Fsp3) is 0.917. The first-order valence-corrected chi connectivity index (χ1v) is 12.8. The molecular formula is C24H42N4O5. The highest BCUT2D eigenvalue weighted by Gasteiger charge is 2.52. The summed E-state index contributed by atoms with van der Waals surface area (Å²) in [5, 5.41) is 3.74. The smallest absolute Gasteiger partial charge is 0.311 e. The monoisotopic (exact) mass is 466 g/mol. The molecule has 8 atom stereocenters. The number of piperidine rings is 2. The fourth-order valence-corrected chi connectivity index (χ4v) is 6.48. The van der Waals surface area contributed by atoms with Crippen LogP contribution in [-0.4, -0.2) is 86.3 Å².